The van der Waals surface area contributed by atoms with E-state index in [1.807, 2.05) is 0 Å². The molecule has 1 saturated carbocycles. The zero-order valence-corrected chi connectivity index (χ0v) is 10.2. The van der Waals surface area contributed by atoms with Crippen molar-refractivity contribution in [3.05, 3.63) is 30.1 Å². The summed E-state index contributed by atoms with van der Waals surface area (Å²) >= 11 is 0. The minimum Gasteiger partial charge on any atom is -0.337 e. The maximum atomic E-state index is 12.7. The summed E-state index contributed by atoms with van der Waals surface area (Å²) < 4.78 is 12.7. The maximum Gasteiger partial charge on any atom is 0.319 e. The summed E-state index contributed by atoms with van der Waals surface area (Å²) in [6, 6.07) is 5.42. The van der Waals surface area contributed by atoms with E-state index in [0.29, 0.717) is 18.8 Å². The third kappa shape index (κ3) is 3.43. The van der Waals surface area contributed by atoms with Gasteiger partial charge in [0.1, 0.15) is 5.82 Å². The minimum absolute atomic E-state index is 0.217. The third-order valence-corrected chi connectivity index (χ3v) is 3.36. The first-order valence-corrected chi connectivity index (χ1v) is 6.14. The Morgan fingerprint density at radius 1 is 1.33 bits per heavy atom. The number of carbonyl (C=O) groups is 1. The molecule has 1 aromatic carbocycles. The van der Waals surface area contributed by atoms with E-state index in [4.69, 9.17) is 5.73 Å². The SMILES string of the molecule is NCCC1(CNC(=O)Nc2ccc(F)cc2)CC1. The highest BCUT2D eigenvalue weighted by molar-refractivity contribution is 5.89. The fourth-order valence-electron chi connectivity index (χ4n) is 1.97. The van der Waals surface area contributed by atoms with Crippen LogP contribution in [0, 0.1) is 11.2 Å². The fraction of sp³-hybridized carbons (Fsp3) is 0.462. The second kappa shape index (κ2) is 5.35. The summed E-state index contributed by atoms with van der Waals surface area (Å²) in [5, 5.41) is 5.50. The van der Waals surface area contributed by atoms with Crippen LogP contribution in [0.2, 0.25) is 0 Å². The molecular weight excluding hydrogens is 233 g/mol. The molecule has 98 valence electrons. The van der Waals surface area contributed by atoms with Crippen molar-refractivity contribution < 1.29 is 9.18 Å². The second-order valence-electron chi connectivity index (χ2n) is 4.85. The summed E-state index contributed by atoms with van der Waals surface area (Å²) in [5.74, 6) is -0.319. The molecule has 0 spiro atoms. The van der Waals surface area contributed by atoms with Crippen molar-refractivity contribution in [3.8, 4) is 0 Å². The molecule has 2 amide bonds. The zero-order chi connectivity index (χ0) is 13.0. The van der Waals surface area contributed by atoms with Crippen LogP contribution in [0.15, 0.2) is 24.3 Å². The molecule has 0 aliphatic heterocycles. The zero-order valence-electron chi connectivity index (χ0n) is 10.2. The van der Waals surface area contributed by atoms with Gasteiger partial charge in [-0.25, -0.2) is 9.18 Å². The molecule has 5 heteroatoms. The van der Waals surface area contributed by atoms with Crippen molar-refractivity contribution in [1.29, 1.82) is 0 Å². The molecule has 1 aliphatic carbocycles. The number of hydrogen-bond acceptors (Lipinski definition) is 2. The predicted octanol–water partition coefficient (Wildman–Crippen LogP) is 2.08. The van der Waals surface area contributed by atoms with E-state index in [9.17, 15) is 9.18 Å². The standard InChI is InChI=1S/C13H18FN3O/c14-10-1-3-11(4-2-10)17-12(18)16-9-13(5-6-13)7-8-15/h1-4H,5-9,15H2,(H2,16,17,18). The van der Waals surface area contributed by atoms with Gasteiger partial charge in [0.15, 0.2) is 0 Å². The molecule has 1 aromatic rings. The van der Waals surface area contributed by atoms with Gasteiger partial charge in [0, 0.05) is 12.2 Å². The lowest BCUT2D eigenvalue weighted by atomic mass is 10.0. The van der Waals surface area contributed by atoms with Gasteiger partial charge in [-0.05, 0) is 55.5 Å². The highest BCUT2D eigenvalue weighted by atomic mass is 19.1. The van der Waals surface area contributed by atoms with Crippen molar-refractivity contribution in [2.24, 2.45) is 11.1 Å². The van der Waals surface area contributed by atoms with Gasteiger partial charge in [-0.3, -0.25) is 0 Å². The van der Waals surface area contributed by atoms with Crippen LogP contribution in [0.3, 0.4) is 0 Å². The summed E-state index contributed by atoms with van der Waals surface area (Å²) in [5.41, 5.74) is 6.33. The van der Waals surface area contributed by atoms with Gasteiger partial charge < -0.3 is 16.4 Å². The van der Waals surface area contributed by atoms with E-state index in [2.05, 4.69) is 10.6 Å². The molecule has 0 bridgehead atoms. The first kappa shape index (κ1) is 12.8. The van der Waals surface area contributed by atoms with Crippen LogP contribution in [0.5, 0.6) is 0 Å². The summed E-state index contributed by atoms with van der Waals surface area (Å²) in [6.07, 6.45) is 3.20. The average molecular weight is 251 g/mol. The predicted molar refractivity (Wildman–Crippen MR) is 68.8 cm³/mol. The smallest absolute Gasteiger partial charge is 0.319 e. The quantitative estimate of drug-likeness (QED) is 0.750. The van der Waals surface area contributed by atoms with E-state index >= 15 is 0 Å². The Hall–Kier alpha value is -1.62. The Labute approximate surface area is 106 Å². The number of urea groups is 1. The molecule has 1 aliphatic rings. The Kier molecular flexibility index (Phi) is 3.81. The topological polar surface area (TPSA) is 67.1 Å². The maximum absolute atomic E-state index is 12.7. The number of carbonyl (C=O) groups excluding carboxylic acids is 1. The van der Waals surface area contributed by atoms with Crippen molar-refractivity contribution in [2.75, 3.05) is 18.4 Å². The lowest BCUT2D eigenvalue weighted by Crippen LogP contribution is -2.34. The normalized spacial score (nSPS) is 16.1. The van der Waals surface area contributed by atoms with Gasteiger partial charge in [-0.2, -0.15) is 0 Å². The molecule has 1 fully saturated rings. The van der Waals surface area contributed by atoms with Gasteiger partial charge >= 0.3 is 6.03 Å². The lowest BCUT2D eigenvalue weighted by molar-refractivity contribution is 0.249. The molecule has 0 radical (unpaired) electrons. The summed E-state index contributed by atoms with van der Waals surface area (Å²) in [4.78, 5) is 11.6. The number of halogens is 1. The lowest BCUT2D eigenvalue weighted by Gasteiger charge is -2.15. The number of nitrogens with one attached hydrogen (secondary N) is 2. The Morgan fingerprint density at radius 2 is 2.00 bits per heavy atom. The number of anilines is 1. The van der Waals surface area contributed by atoms with Crippen molar-refractivity contribution >= 4 is 11.7 Å². The van der Waals surface area contributed by atoms with Gasteiger partial charge in [0.25, 0.3) is 0 Å². The van der Waals surface area contributed by atoms with Crippen LogP contribution >= 0.6 is 0 Å². The molecular formula is C13H18FN3O. The Balaban J connectivity index is 1.77. The molecule has 18 heavy (non-hydrogen) atoms. The number of nitrogens with two attached hydrogens (primary N) is 1. The monoisotopic (exact) mass is 251 g/mol. The molecule has 4 N–H and O–H groups in total. The Bertz CT molecular complexity index is 415. The fourth-order valence-corrected chi connectivity index (χ4v) is 1.97. The number of benzene rings is 1. The van der Waals surface area contributed by atoms with E-state index in [1.54, 1.807) is 0 Å². The molecule has 0 heterocycles. The first-order chi connectivity index (χ1) is 8.63. The van der Waals surface area contributed by atoms with Gasteiger partial charge in [-0.1, -0.05) is 0 Å². The van der Waals surface area contributed by atoms with Gasteiger partial charge in [0.2, 0.25) is 0 Å². The third-order valence-electron chi connectivity index (χ3n) is 3.36. The van der Waals surface area contributed by atoms with Crippen molar-refractivity contribution in [3.63, 3.8) is 0 Å². The molecule has 4 nitrogen and oxygen atoms in total. The van der Waals surface area contributed by atoms with Crippen LogP contribution in [0.4, 0.5) is 14.9 Å². The van der Waals surface area contributed by atoms with Crippen LogP contribution in [-0.4, -0.2) is 19.1 Å². The van der Waals surface area contributed by atoms with E-state index in [1.165, 1.54) is 24.3 Å². The highest BCUT2D eigenvalue weighted by Crippen LogP contribution is 2.47. The molecule has 0 unspecified atom stereocenters. The van der Waals surface area contributed by atoms with Crippen LogP contribution in [-0.2, 0) is 0 Å². The second-order valence-corrected chi connectivity index (χ2v) is 4.85. The minimum atomic E-state index is -0.319. The van der Waals surface area contributed by atoms with Crippen LogP contribution in [0.25, 0.3) is 0 Å². The van der Waals surface area contributed by atoms with Crippen LogP contribution in [0.1, 0.15) is 19.3 Å². The average Bonchev–Trinajstić information content (AvgIpc) is 3.11. The molecule has 2 rings (SSSR count). The molecule has 0 saturated heterocycles. The van der Waals surface area contributed by atoms with Crippen LogP contribution < -0.4 is 16.4 Å². The number of rotatable bonds is 5. The van der Waals surface area contributed by atoms with Crippen molar-refractivity contribution in [1.82, 2.24) is 5.32 Å². The van der Waals surface area contributed by atoms with E-state index < -0.39 is 0 Å². The number of hydrogen-bond donors (Lipinski definition) is 3. The summed E-state index contributed by atoms with van der Waals surface area (Å²) in [7, 11) is 0. The van der Waals surface area contributed by atoms with Crippen molar-refractivity contribution in [2.45, 2.75) is 19.3 Å². The van der Waals surface area contributed by atoms with E-state index in [0.717, 1.165) is 19.3 Å². The van der Waals surface area contributed by atoms with E-state index in [-0.39, 0.29) is 17.3 Å². The first-order valence-electron chi connectivity index (χ1n) is 6.14. The largest absolute Gasteiger partial charge is 0.337 e. The molecule has 0 aromatic heterocycles. The number of amides is 2. The van der Waals surface area contributed by atoms with Gasteiger partial charge in [0.05, 0.1) is 0 Å². The summed E-state index contributed by atoms with van der Waals surface area (Å²) in [6.45, 7) is 1.30. The van der Waals surface area contributed by atoms with Gasteiger partial charge in [-0.15, -0.1) is 0 Å². The highest BCUT2D eigenvalue weighted by Gasteiger charge is 2.41. The Morgan fingerprint density at radius 3 is 2.56 bits per heavy atom. The molecule has 0 atom stereocenters.